The van der Waals surface area contributed by atoms with Gasteiger partial charge in [-0.3, -0.25) is 19.2 Å². The standard InChI is InChI=1S/C17H28O2.C16H24O3.C16H26O2/c1-15(2,3)11-19-14(18)17-8-12-5-13(9-17)7-16(4,6-12)10-17;1-15(2,3)9-19-14(18)16-6-10-4-11(7-16)13(17)12(5-10)8-16;1-15(2,3)10-18-14(17)16-7-11-4-12(8-16)6-13(5-11)9-16/h12-13H,5-11H2,1-4H3;10-12H,4-9H2,1-3H3;11-13H,4-10H2,1-3H3. The summed E-state index contributed by atoms with van der Waals surface area (Å²) in [5.74, 6) is 5.53. The maximum Gasteiger partial charge on any atom is 0.312 e. The van der Waals surface area contributed by atoms with Crippen molar-refractivity contribution in [3.8, 4) is 0 Å². The lowest BCUT2D eigenvalue weighted by Crippen LogP contribution is -2.55. The van der Waals surface area contributed by atoms with E-state index >= 15 is 0 Å². The molecule has 0 heterocycles. The average Bonchev–Trinajstić information content (AvgIpc) is 3.05. The van der Waals surface area contributed by atoms with Crippen molar-refractivity contribution < 1.29 is 33.4 Å². The second-order valence-corrected chi connectivity index (χ2v) is 25.7. The maximum atomic E-state index is 12.7. The van der Waals surface area contributed by atoms with Crippen LogP contribution in [0.1, 0.15) is 178 Å². The van der Waals surface area contributed by atoms with E-state index in [0.717, 1.165) is 100 Å². The van der Waals surface area contributed by atoms with Gasteiger partial charge < -0.3 is 14.2 Å². The molecule has 0 radical (unpaired) electrons. The average molecular weight is 779 g/mol. The van der Waals surface area contributed by atoms with E-state index < -0.39 is 0 Å². The third kappa shape index (κ3) is 9.12. The Bertz CT molecular complexity index is 1450. The summed E-state index contributed by atoms with van der Waals surface area (Å²) in [6.45, 7) is 23.0. The van der Waals surface area contributed by atoms with Gasteiger partial charge >= 0.3 is 17.9 Å². The van der Waals surface area contributed by atoms with E-state index in [0.29, 0.717) is 36.9 Å². The molecular weight excluding hydrogens is 701 g/mol. The SMILES string of the molecule is CC(C)(C)COC(=O)C12CC3CC(C1)C(=O)C(C3)C2.CC(C)(C)COC(=O)C12CC3CC(CC(C)(C3)C1)C2.CC(C)(C)COC(=O)C12CC3CC(CC(C3)C1)C2. The lowest BCUT2D eigenvalue weighted by molar-refractivity contribution is -0.181. The zero-order valence-electron chi connectivity index (χ0n) is 37.1. The topological polar surface area (TPSA) is 96.0 Å². The Morgan fingerprint density at radius 3 is 1.12 bits per heavy atom. The maximum absolute atomic E-state index is 12.7. The summed E-state index contributed by atoms with van der Waals surface area (Å²) >= 11 is 0. The fourth-order valence-corrected chi connectivity index (χ4v) is 14.6. The molecule has 0 spiro atoms. The number of ketones is 1. The molecule has 12 aliphatic rings. The Morgan fingerprint density at radius 2 is 0.768 bits per heavy atom. The van der Waals surface area contributed by atoms with Crippen molar-refractivity contribution in [2.24, 2.45) is 85.2 Å². The Kier molecular flexibility index (Phi) is 11.1. The summed E-state index contributed by atoms with van der Waals surface area (Å²) in [5, 5.41) is 0. The number of hydrogen-bond donors (Lipinski definition) is 0. The van der Waals surface area contributed by atoms with Crippen molar-refractivity contribution in [3.63, 3.8) is 0 Å². The van der Waals surface area contributed by atoms with Crippen LogP contribution in [0.25, 0.3) is 0 Å². The van der Waals surface area contributed by atoms with Crippen molar-refractivity contribution in [2.45, 2.75) is 178 Å². The second-order valence-electron chi connectivity index (χ2n) is 25.7. The van der Waals surface area contributed by atoms with Gasteiger partial charge in [0.1, 0.15) is 5.78 Å². The van der Waals surface area contributed by atoms with Crippen LogP contribution in [0.4, 0.5) is 0 Å². The Labute approximate surface area is 339 Å². The summed E-state index contributed by atoms with van der Waals surface area (Å²) in [6.07, 6.45) is 19.3. The highest BCUT2D eigenvalue weighted by molar-refractivity contribution is 5.89. The number of rotatable bonds is 6. The number of carbonyl (C=O) groups is 4. The minimum atomic E-state index is -0.324. The number of ether oxygens (including phenoxy) is 3. The van der Waals surface area contributed by atoms with Crippen LogP contribution >= 0.6 is 0 Å². The zero-order valence-corrected chi connectivity index (χ0v) is 37.1. The first-order chi connectivity index (χ1) is 25.9. The van der Waals surface area contributed by atoms with Crippen molar-refractivity contribution >= 4 is 23.7 Å². The van der Waals surface area contributed by atoms with Crippen LogP contribution in [0.2, 0.25) is 0 Å². The minimum Gasteiger partial charge on any atom is -0.465 e. The number of carbonyl (C=O) groups excluding carboxylic acids is 4. The molecule has 0 aromatic rings. The molecule has 0 aromatic heterocycles. The molecule has 0 saturated heterocycles. The van der Waals surface area contributed by atoms with E-state index in [2.05, 4.69) is 69.2 Å². The van der Waals surface area contributed by atoms with E-state index in [1.807, 2.05) is 0 Å². The smallest absolute Gasteiger partial charge is 0.312 e. The molecule has 12 rings (SSSR count). The van der Waals surface area contributed by atoms with Gasteiger partial charge in [-0.2, -0.15) is 0 Å². The molecule has 4 atom stereocenters. The van der Waals surface area contributed by atoms with Crippen LogP contribution in [-0.4, -0.2) is 43.5 Å². The molecule has 12 fully saturated rings. The van der Waals surface area contributed by atoms with Crippen molar-refractivity contribution in [3.05, 3.63) is 0 Å². The van der Waals surface area contributed by atoms with Gasteiger partial charge in [0, 0.05) is 11.8 Å². The molecule has 12 saturated carbocycles. The Morgan fingerprint density at radius 1 is 0.464 bits per heavy atom. The number of esters is 3. The first-order valence-corrected chi connectivity index (χ1v) is 22.9. The molecule has 0 amide bonds. The van der Waals surface area contributed by atoms with E-state index in [-0.39, 0.29) is 62.2 Å². The van der Waals surface area contributed by atoms with Crippen molar-refractivity contribution in [1.29, 1.82) is 0 Å². The lowest BCUT2D eigenvalue weighted by atomic mass is 9.44. The molecular formula is C49H78O7. The quantitative estimate of drug-likeness (QED) is 0.196. The number of hydrogen-bond acceptors (Lipinski definition) is 7. The van der Waals surface area contributed by atoms with Crippen LogP contribution < -0.4 is 0 Å². The molecule has 56 heavy (non-hydrogen) atoms. The molecule has 12 aliphatic carbocycles. The van der Waals surface area contributed by atoms with Gasteiger partial charge in [-0.15, -0.1) is 0 Å². The number of Topliss-reactive ketones (excluding diaryl/α,β-unsaturated/α-hetero) is 1. The third-order valence-corrected chi connectivity index (χ3v) is 15.6. The summed E-state index contributed by atoms with van der Waals surface area (Å²) in [7, 11) is 0. The van der Waals surface area contributed by atoms with Crippen LogP contribution in [-0.2, 0) is 33.4 Å². The molecule has 7 nitrogen and oxygen atoms in total. The lowest BCUT2D eigenvalue weighted by Gasteiger charge is -2.60. The van der Waals surface area contributed by atoms with Crippen molar-refractivity contribution in [2.75, 3.05) is 19.8 Å². The fraction of sp³-hybridized carbons (Fsp3) is 0.918. The van der Waals surface area contributed by atoms with Crippen LogP contribution in [0.3, 0.4) is 0 Å². The molecule has 4 unspecified atom stereocenters. The van der Waals surface area contributed by atoms with E-state index in [1.165, 1.54) is 38.5 Å². The van der Waals surface area contributed by atoms with Gasteiger partial charge in [-0.25, -0.2) is 0 Å². The molecule has 7 heteroatoms. The van der Waals surface area contributed by atoms with Gasteiger partial charge in [0.05, 0.1) is 36.1 Å². The molecule has 0 N–H and O–H groups in total. The summed E-state index contributed by atoms with van der Waals surface area (Å²) in [4.78, 5) is 49.8. The van der Waals surface area contributed by atoms with E-state index in [9.17, 15) is 19.2 Å². The largest absolute Gasteiger partial charge is 0.465 e. The highest BCUT2D eigenvalue weighted by atomic mass is 16.5. The van der Waals surface area contributed by atoms with Gasteiger partial charge in [0.25, 0.3) is 0 Å². The van der Waals surface area contributed by atoms with E-state index in [1.54, 1.807) is 0 Å². The van der Waals surface area contributed by atoms with Gasteiger partial charge in [-0.05, 0) is 166 Å². The van der Waals surface area contributed by atoms with Gasteiger partial charge in [-0.1, -0.05) is 69.2 Å². The van der Waals surface area contributed by atoms with Crippen LogP contribution in [0.15, 0.2) is 0 Å². The normalized spacial score (nSPS) is 42.4. The Hall–Kier alpha value is -1.92. The molecule has 12 bridgehead atoms. The van der Waals surface area contributed by atoms with Gasteiger partial charge in [0.2, 0.25) is 0 Å². The highest BCUT2D eigenvalue weighted by Gasteiger charge is 2.61. The second kappa shape index (κ2) is 14.7. The first kappa shape index (κ1) is 42.2. The summed E-state index contributed by atoms with van der Waals surface area (Å²) < 4.78 is 16.9. The third-order valence-electron chi connectivity index (χ3n) is 15.6. The summed E-state index contributed by atoms with van der Waals surface area (Å²) in [5.41, 5.74) is 0.0537. The van der Waals surface area contributed by atoms with Gasteiger partial charge in [0.15, 0.2) is 0 Å². The zero-order chi connectivity index (χ0) is 40.7. The Balaban J connectivity index is 0.000000129. The van der Waals surface area contributed by atoms with Crippen LogP contribution in [0, 0.1) is 85.2 Å². The molecule has 316 valence electrons. The summed E-state index contributed by atoms with van der Waals surface area (Å²) in [6, 6.07) is 0. The molecule has 0 aromatic carbocycles. The first-order valence-electron chi connectivity index (χ1n) is 22.9. The van der Waals surface area contributed by atoms with E-state index in [4.69, 9.17) is 14.2 Å². The highest BCUT2D eigenvalue weighted by Crippen LogP contribution is 2.66. The predicted molar refractivity (Wildman–Crippen MR) is 218 cm³/mol. The van der Waals surface area contributed by atoms with Crippen molar-refractivity contribution in [1.82, 2.24) is 0 Å². The predicted octanol–water partition coefficient (Wildman–Crippen LogP) is 10.9. The minimum absolute atomic E-state index is 0.00771. The fourth-order valence-electron chi connectivity index (χ4n) is 14.6. The monoisotopic (exact) mass is 779 g/mol. The molecule has 0 aliphatic heterocycles. The van der Waals surface area contributed by atoms with Crippen LogP contribution in [0.5, 0.6) is 0 Å².